The van der Waals surface area contributed by atoms with Crippen LogP contribution in [0.3, 0.4) is 0 Å². The fraction of sp³-hybridized carbons (Fsp3) is 0.130. The first kappa shape index (κ1) is 21.4. The van der Waals surface area contributed by atoms with Crippen molar-refractivity contribution in [3.63, 3.8) is 0 Å². The minimum atomic E-state index is -0.617. The van der Waals surface area contributed by atoms with Gasteiger partial charge in [-0.3, -0.25) is 14.9 Å². The van der Waals surface area contributed by atoms with E-state index in [0.717, 1.165) is 0 Å². The van der Waals surface area contributed by atoms with Crippen molar-refractivity contribution in [2.24, 2.45) is 7.05 Å². The number of aromatic nitrogens is 3. The Morgan fingerprint density at radius 2 is 1.97 bits per heavy atom. The molecule has 0 bridgehead atoms. The number of amides is 2. The van der Waals surface area contributed by atoms with Crippen LogP contribution in [0.1, 0.15) is 33.5 Å². The van der Waals surface area contributed by atoms with Crippen LogP contribution in [0.4, 0.5) is 9.52 Å². The second kappa shape index (κ2) is 9.52. The van der Waals surface area contributed by atoms with Crippen molar-refractivity contribution in [1.82, 2.24) is 19.9 Å². The fourth-order valence-electron chi connectivity index (χ4n) is 3.22. The van der Waals surface area contributed by atoms with E-state index in [-0.39, 0.29) is 18.2 Å². The summed E-state index contributed by atoms with van der Waals surface area (Å²) in [7, 11) is 1.81. The summed E-state index contributed by atoms with van der Waals surface area (Å²) in [6.45, 7) is 0. The topological polar surface area (TPSA) is 88.9 Å². The van der Waals surface area contributed by atoms with Crippen LogP contribution in [0.5, 0.6) is 0 Å². The first-order valence-corrected chi connectivity index (χ1v) is 10.7. The lowest BCUT2D eigenvalue weighted by Gasteiger charge is -2.19. The number of nitrogens with one attached hydrogen (secondary N) is 2. The average Bonchev–Trinajstić information content (AvgIpc) is 3.41. The molecule has 4 aromatic rings. The lowest BCUT2D eigenvalue weighted by atomic mass is 10.1. The molecule has 0 radical (unpaired) electrons. The van der Waals surface area contributed by atoms with Gasteiger partial charge >= 0.3 is 0 Å². The number of hydrogen-bond acceptors (Lipinski definition) is 5. The zero-order chi connectivity index (χ0) is 22.5. The van der Waals surface area contributed by atoms with Gasteiger partial charge in [0.25, 0.3) is 5.91 Å². The third-order valence-corrected chi connectivity index (χ3v) is 5.56. The Balaban J connectivity index is 1.45. The van der Waals surface area contributed by atoms with Crippen LogP contribution in [0, 0.1) is 5.82 Å². The number of benzene rings is 2. The first-order valence-electron chi connectivity index (χ1n) is 9.82. The molecular weight excluding hydrogens is 429 g/mol. The Hall–Kier alpha value is -3.85. The summed E-state index contributed by atoms with van der Waals surface area (Å²) < 4.78 is 15.6. The highest BCUT2D eigenvalue weighted by molar-refractivity contribution is 7.14. The number of carbonyl (C=O) groups excluding carboxylic acids is 2. The first-order chi connectivity index (χ1) is 15.5. The van der Waals surface area contributed by atoms with E-state index in [0.29, 0.717) is 27.8 Å². The molecule has 1 atom stereocenters. The maximum Gasteiger partial charge on any atom is 0.257 e. The van der Waals surface area contributed by atoms with Crippen LogP contribution in [-0.4, -0.2) is 26.3 Å². The number of imidazole rings is 1. The van der Waals surface area contributed by atoms with Crippen molar-refractivity contribution >= 4 is 28.3 Å². The number of carbonyl (C=O) groups is 2. The van der Waals surface area contributed by atoms with Gasteiger partial charge in [-0.2, -0.15) is 0 Å². The van der Waals surface area contributed by atoms with Gasteiger partial charge in [0, 0.05) is 30.4 Å². The highest BCUT2D eigenvalue weighted by Gasteiger charge is 2.22. The van der Waals surface area contributed by atoms with Crippen LogP contribution in [0.15, 0.2) is 72.4 Å². The molecule has 9 heteroatoms. The third kappa shape index (κ3) is 5.06. The Morgan fingerprint density at radius 1 is 1.16 bits per heavy atom. The summed E-state index contributed by atoms with van der Waals surface area (Å²) in [5.41, 5.74) is 1.63. The Morgan fingerprint density at radius 3 is 2.69 bits per heavy atom. The zero-order valence-electron chi connectivity index (χ0n) is 17.2. The fourth-order valence-corrected chi connectivity index (χ4v) is 3.92. The molecule has 2 amide bonds. The minimum absolute atomic E-state index is 0.00788. The molecule has 32 heavy (non-hydrogen) atoms. The number of halogens is 1. The van der Waals surface area contributed by atoms with E-state index >= 15 is 0 Å². The van der Waals surface area contributed by atoms with Crippen molar-refractivity contribution in [2.75, 3.05) is 5.32 Å². The van der Waals surface area contributed by atoms with Crippen LogP contribution >= 0.6 is 11.3 Å². The molecule has 0 aliphatic rings. The van der Waals surface area contributed by atoms with E-state index in [2.05, 4.69) is 20.6 Å². The highest BCUT2D eigenvalue weighted by Crippen LogP contribution is 2.22. The Labute approximate surface area is 188 Å². The van der Waals surface area contributed by atoms with Gasteiger partial charge in [-0.1, -0.05) is 30.3 Å². The molecule has 2 aromatic carbocycles. The van der Waals surface area contributed by atoms with Gasteiger partial charge in [-0.25, -0.2) is 14.4 Å². The second-order valence-electron chi connectivity index (χ2n) is 7.09. The van der Waals surface area contributed by atoms with Gasteiger partial charge in [0.1, 0.15) is 17.7 Å². The SMILES string of the molecule is Cn1ccnc1C(NC(=O)Cc1csc(NC(=O)c2ccccc2)n1)c1cccc(F)c1. The molecule has 0 saturated heterocycles. The van der Waals surface area contributed by atoms with E-state index in [1.807, 2.05) is 13.1 Å². The molecule has 0 spiro atoms. The highest BCUT2D eigenvalue weighted by atomic mass is 32.1. The predicted octanol–water partition coefficient (Wildman–Crippen LogP) is 3.72. The summed E-state index contributed by atoms with van der Waals surface area (Å²) in [6.07, 6.45) is 3.39. The van der Waals surface area contributed by atoms with Gasteiger partial charge in [0.2, 0.25) is 5.91 Å². The maximum absolute atomic E-state index is 13.8. The Bertz CT molecular complexity index is 1240. The van der Waals surface area contributed by atoms with Crippen molar-refractivity contribution < 1.29 is 14.0 Å². The molecule has 7 nitrogen and oxygen atoms in total. The third-order valence-electron chi connectivity index (χ3n) is 4.75. The summed E-state index contributed by atoms with van der Waals surface area (Å²) in [5, 5.41) is 7.78. The van der Waals surface area contributed by atoms with Gasteiger partial charge < -0.3 is 9.88 Å². The number of nitrogens with zero attached hydrogens (tertiary/aromatic N) is 3. The Kier molecular flexibility index (Phi) is 6.37. The van der Waals surface area contributed by atoms with Crippen LogP contribution in [0.2, 0.25) is 0 Å². The number of hydrogen-bond donors (Lipinski definition) is 2. The van der Waals surface area contributed by atoms with E-state index in [1.165, 1.54) is 23.5 Å². The van der Waals surface area contributed by atoms with Gasteiger partial charge in [-0.15, -0.1) is 11.3 Å². The number of rotatable bonds is 7. The lowest BCUT2D eigenvalue weighted by molar-refractivity contribution is -0.121. The molecule has 0 saturated carbocycles. The number of anilines is 1. The molecule has 162 valence electrons. The van der Waals surface area contributed by atoms with Crippen molar-refractivity contribution in [3.8, 4) is 0 Å². The van der Waals surface area contributed by atoms with Crippen LogP contribution in [0.25, 0.3) is 0 Å². The van der Waals surface area contributed by atoms with Gasteiger partial charge in [-0.05, 0) is 29.8 Å². The molecular formula is C23H20FN5O2S. The van der Waals surface area contributed by atoms with E-state index in [4.69, 9.17) is 0 Å². The normalized spacial score (nSPS) is 11.7. The minimum Gasteiger partial charge on any atom is -0.342 e. The van der Waals surface area contributed by atoms with Gasteiger partial charge in [0.15, 0.2) is 5.13 Å². The van der Waals surface area contributed by atoms with Crippen LogP contribution in [-0.2, 0) is 18.3 Å². The van der Waals surface area contributed by atoms with Crippen molar-refractivity contribution in [1.29, 1.82) is 0 Å². The standard InChI is InChI=1S/C23H20FN5O2S/c1-29-11-10-25-21(29)20(16-8-5-9-17(24)12-16)27-19(30)13-18-14-32-23(26-18)28-22(31)15-6-3-2-4-7-15/h2-12,14,20H,13H2,1H3,(H,27,30)(H,26,28,31). The van der Waals surface area contributed by atoms with Crippen molar-refractivity contribution in [2.45, 2.75) is 12.5 Å². The summed E-state index contributed by atoms with van der Waals surface area (Å²) in [6, 6.07) is 14.3. The summed E-state index contributed by atoms with van der Waals surface area (Å²) in [5.74, 6) is -0.377. The predicted molar refractivity (Wildman–Crippen MR) is 120 cm³/mol. The number of thiazole rings is 1. The van der Waals surface area contributed by atoms with E-state index in [9.17, 15) is 14.0 Å². The summed E-state index contributed by atoms with van der Waals surface area (Å²) in [4.78, 5) is 33.7. The zero-order valence-corrected chi connectivity index (χ0v) is 18.0. The molecule has 0 fully saturated rings. The lowest BCUT2D eigenvalue weighted by Crippen LogP contribution is -2.32. The largest absolute Gasteiger partial charge is 0.342 e. The second-order valence-corrected chi connectivity index (χ2v) is 7.95. The summed E-state index contributed by atoms with van der Waals surface area (Å²) >= 11 is 1.24. The van der Waals surface area contributed by atoms with Crippen molar-refractivity contribution in [3.05, 3.63) is 101 Å². The average molecular weight is 450 g/mol. The quantitative estimate of drug-likeness (QED) is 0.450. The maximum atomic E-state index is 13.8. The van der Waals surface area contributed by atoms with E-state index < -0.39 is 11.9 Å². The molecule has 0 aliphatic carbocycles. The smallest absolute Gasteiger partial charge is 0.257 e. The van der Waals surface area contributed by atoms with Gasteiger partial charge in [0.05, 0.1) is 12.1 Å². The van der Waals surface area contributed by atoms with Crippen LogP contribution < -0.4 is 10.6 Å². The molecule has 0 aliphatic heterocycles. The van der Waals surface area contributed by atoms with E-state index in [1.54, 1.807) is 58.7 Å². The molecule has 1 unspecified atom stereocenters. The molecule has 2 aromatic heterocycles. The monoisotopic (exact) mass is 449 g/mol. The molecule has 2 N–H and O–H groups in total. The molecule has 4 rings (SSSR count). The number of aryl methyl sites for hydroxylation is 1. The molecule has 2 heterocycles.